The van der Waals surface area contributed by atoms with E-state index in [0.29, 0.717) is 6.04 Å². The van der Waals surface area contributed by atoms with E-state index in [4.69, 9.17) is 5.73 Å². The van der Waals surface area contributed by atoms with Crippen molar-refractivity contribution in [3.63, 3.8) is 0 Å². The Morgan fingerprint density at radius 2 is 2.07 bits per heavy atom. The van der Waals surface area contributed by atoms with Crippen LogP contribution in [0.5, 0.6) is 0 Å². The molecule has 0 aromatic carbocycles. The van der Waals surface area contributed by atoms with Gasteiger partial charge in [0.15, 0.2) is 0 Å². The van der Waals surface area contributed by atoms with E-state index in [0.717, 1.165) is 12.5 Å². The van der Waals surface area contributed by atoms with Crippen LogP contribution in [0.15, 0.2) is 0 Å². The predicted octanol–water partition coefficient (Wildman–Crippen LogP) is 2.24. The van der Waals surface area contributed by atoms with Crippen molar-refractivity contribution in [3.8, 4) is 0 Å². The van der Waals surface area contributed by atoms with Crippen LogP contribution in [0, 0.1) is 5.92 Å². The maximum Gasteiger partial charge on any atom is 0.0244 e. The first-order valence-electron chi connectivity index (χ1n) is 6.23. The number of unbranched alkanes of at least 4 members (excludes halogenated alkanes) is 3. The molecule has 1 heterocycles. The van der Waals surface area contributed by atoms with Crippen molar-refractivity contribution in [2.75, 3.05) is 19.6 Å². The van der Waals surface area contributed by atoms with Gasteiger partial charge in [-0.15, -0.1) is 0 Å². The molecule has 84 valence electrons. The lowest BCUT2D eigenvalue weighted by Gasteiger charge is -2.25. The zero-order chi connectivity index (χ0) is 10.4. The van der Waals surface area contributed by atoms with Gasteiger partial charge in [-0.05, 0) is 31.8 Å². The highest BCUT2D eigenvalue weighted by Gasteiger charge is 2.28. The van der Waals surface area contributed by atoms with Gasteiger partial charge in [0.05, 0.1) is 0 Å². The van der Waals surface area contributed by atoms with E-state index in [1.165, 1.54) is 45.2 Å². The monoisotopic (exact) mass is 198 g/mol. The Hall–Kier alpha value is -0.0800. The first-order chi connectivity index (χ1) is 6.79. The highest BCUT2D eigenvalue weighted by molar-refractivity contribution is 4.84. The Bertz CT molecular complexity index is 147. The van der Waals surface area contributed by atoms with Crippen LogP contribution >= 0.6 is 0 Å². The molecule has 0 aromatic rings. The number of nitrogens with two attached hydrogens (primary N) is 1. The molecule has 2 unspecified atom stereocenters. The quantitative estimate of drug-likeness (QED) is 0.663. The molecule has 1 aliphatic rings. The summed E-state index contributed by atoms with van der Waals surface area (Å²) in [6.45, 7) is 7.99. The van der Waals surface area contributed by atoms with Gasteiger partial charge in [-0.1, -0.05) is 33.1 Å². The summed E-state index contributed by atoms with van der Waals surface area (Å²) in [6, 6.07) is 0.664. The fourth-order valence-corrected chi connectivity index (χ4v) is 2.49. The summed E-state index contributed by atoms with van der Waals surface area (Å²) in [7, 11) is 0. The molecule has 1 fully saturated rings. The molecule has 2 nitrogen and oxygen atoms in total. The number of hydrogen-bond donors (Lipinski definition) is 1. The molecule has 14 heavy (non-hydrogen) atoms. The van der Waals surface area contributed by atoms with Gasteiger partial charge in [0.25, 0.3) is 0 Å². The average Bonchev–Trinajstić information content (AvgIpc) is 2.54. The van der Waals surface area contributed by atoms with Crippen LogP contribution in [0.4, 0.5) is 0 Å². The van der Waals surface area contributed by atoms with E-state index in [1.807, 2.05) is 0 Å². The van der Waals surface area contributed by atoms with Gasteiger partial charge in [-0.25, -0.2) is 0 Å². The van der Waals surface area contributed by atoms with Crippen LogP contribution in [0.25, 0.3) is 0 Å². The van der Waals surface area contributed by atoms with Crippen molar-refractivity contribution in [3.05, 3.63) is 0 Å². The van der Waals surface area contributed by atoms with Gasteiger partial charge in [0, 0.05) is 12.6 Å². The largest absolute Gasteiger partial charge is 0.329 e. The van der Waals surface area contributed by atoms with Crippen LogP contribution < -0.4 is 5.73 Å². The fourth-order valence-electron chi connectivity index (χ4n) is 2.49. The molecule has 0 bridgehead atoms. The SMILES string of the molecule is CCCCCCN1CCC(C)C1CN. The van der Waals surface area contributed by atoms with E-state index in [-0.39, 0.29) is 0 Å². The van der Waals surface area contributed by atoms with Crippen molar-refractivity contribution < 1.29 is 0 Å². The molecular weight excluding hydrogens is 172 g/mol. The zero-order valence-corrected chi connectivity index (χ0v) is 9.84. The molecule has 2 heteroatoms. The van der Waals surface area contributed by atoms with Crippen molar-refractivity contribution >= 4 is 0 Å². The lowest BCUT2D eigenvalue weighted by atomic mass is 10.0. The summed E-state index contributed by atoms with van der Waals surface area (Å²) in [5.74, 6) is 0.811. The second-order valence-electron chi connectivity index (χ2n) is 4.67. The van der Waals surface area contributed by atoms with Crippen LogP contribution in [-0.2, 0) is 0 Å². The lowest BCUT2D eigenvalue weighted by molar-refractivity contribution is 0.231. The highest BCUT2D eigenvalue weighted by Crippen LogP contribution is 2.23. The van der Waals surface area contributed by atoms with Crippen molar-refractivity contribution in [2.45, 2.75) is 52.0 Å². The van der Waals surface area contributed by atoms with Crippen molar-refractivity contribution in [1.29, 1.82) is 0 Å². The van der Waals surface area contributed by atoms with Gasteiger partial charge >= 0.3 is 0 Å². The summed E-state index contributed by atoms with van der Waals surface area (Å²) < 4.78 is 0. The summed E-state index contributed by atoms with van der Waals surface area (Å²) >= 11 is 0. The smallest absolute Gasteiger partial charge is 0.0244 e. The third kappa shape index (κ3) is 3.25. The maximum atomic E-state index is 5.80. The minimum Gasteiger partial charge on any atom is -0.329 e. The summed E-state index contributed by atoms with van der Waals surface area (Å²) in [4.78, 5) is 2.60. The summed E-state index contributed by atoms with van der Waals surface area (Å²) in [5, 5.41) is 0. The first-order valence-corrected chi connectivity index (χ1v) is 6.23. The van der Waals surface area contributed by atoms with Crippen LogP contribution in [0.2, 0.25) is 0 Å². The normalized spacial score (nSPS) is 28.5. The first kappa shape index (κ1) is 12.0. The van der Waals surface area contributed by atoms with E-state index in [2.05, 4.69) is 18.7 Å². The summed E-state index contributed by atoms with van der Waals surface area (Å²) in [6.07, 6.45) is 6.80. The number of rotatable bonds is 6. The average molecular weight is 198 g/mol. The topological polar surface area (TPSA) is 29.3 Å². The van der Waals surface area contributed by atoms with E-state index < -0.39 is 0 Å². The van der Waals surface area contributed by atoms with Gasteiger partial charge < -0.3 is 5.73 Å². The summed E-state index contributed by atoms with van der Waals surface area (Å²) in [5.41, 5.74) is 5.80. The van der Waals surface area contributed by atoms with Crippen molar-refractivity contribution in [2.24, 2.45) is 11.7 Å². The molecule has 0 aromatic heterocycles. The maximum absolute atomic E-state index is 5.80. The Labute approximate surface area is 88.8 Å². The van der Waals surface area contributed by atoms with E-state index in [9.17, 15) is 0 Å². The third-order valence-corrected chi connectivity index (χ3v) is 3.54. The molecule has 0 saturated carbocycles. The number of hydrogen-bond acceptors (Lipinski definition) is 2. The van der Waals surface area contributed by atoms with Crippen LogP contribution in [-0.4, -0.2) is 30.6 Å². The molecule has 1 rings (SSSR count). The molecule has 0 amide bonds. The zero-order valence-electron chi connectivity index (χ0n) is 9.84. The molecule has 0 spiro atoms. The van der Waals surface area contributed by atoms with E-state index >= 15 is 0 Å². The van der Waals surface area contributed by atoms with Gasteiger partial charge in [0.1, 0.15) is 0 Å². The molecule has 1 aliphatic heterocycles. The molecule has 0 radical (unpaired) electrons. The molecule has 2 atom stereocenters. The second kappa shape index (κ2) is 6.41. The van der Waals surface area contributed by atoms with Gasteiger partial charge in [-0.3, -0.25) is 4.90 Å². The standard InChI is InChI=1S/C12H26N2/c1-3-4-5-6-8-14-9-7-11(2)12(14)10-13/h11-12H,3-10,13H2,1-2H3. The van der Waals surface area contributed by atoms with Crippen LogP contribution in [0.3, 0.4) is 0 Å². The Balaban J connectivity index is 2.17. The lowest BCUT2D eigenvalue weighted by Crippen LogP contribution is -2.38. The van der Waals surface area contributed by atoms with Crippen LogP contribution in [0.1, 0.15) is 46.0 Å². The fraction of sp³-hybridized carbons (Fsp3) is 1.00. The van der Waals surface area contributed by atoms with Crippen molar-refractivity contribution in [1.82, 2.24) is 4.90 Å². The molecule has 1 saturated heterocycles. The predicted molar refractivity (Wildman–Crippen MR) is 62.3 cm³/mol. The molecule has 0 aliphatic carbocycles. The minimum absolute atomic E-state index is 0.664. The van der Waals surface area contributed by atoms with Gasteiger partial charge in [0.2, 0.25) is 0 Å². The second-order valence-corrected chi connectivity index (χ2v) is 4.67. The Kier molecular flexibility index (Phi) is 5.49. The van der Waals surface area contributed by atoms with E-state index in [1.54, 1.807) is 0 Å². The Morgan fingerprint density at radius 1 is 1.29 bits per heavy atom. The molecular formula is C12H26N2. The third-order valence-electron chi connectivity index (χ3n) is 3.54. The van der Waals surface area contributed by atoms with Gasteiger partial charge in [-0.2, -0.15) is 0 Å². The number of likely N-dealkylation sites (tertiary alicyclic amines) is 1. The Morgan fingerprint density at radius 3 is 2.71 bits per heavy atom. The minimum atomic E-state index is 0.664. The number of nitrogens with zero attached hydrogens (tertiary/aromatic N) is 1. The molecule has 2 N–H and O–H groups in total. The highest BCUT2D eigenvalue weighted by atomic mass is 15.2.